The van der Waals surface area contributed by atoms with Crippen LogP contribution in [0, 0.1) is 17.0 Å². The van der Waals surface area contributed by atoms with E-state index in [-0.39, 0.29) is 42.7 Å². The van der Waals surface area contributed by atoms with Gasteiger partial charge in [-0.15, -0.1) is 0 Å². The number of carbonyl (C=O) groups excluding carboxylic acids is 1. The number of rotatable bonds is 9. The fourth-order valence-corrected chi connectivity index (χ4v) is 5.10. The Morgan fingerprint density at radius 1 is 1.19 bits per heavy atom. The number of aryl methyl sites for hydroxylation is 3. The van der Waals surface area contributed by atoms with Crippen molar-refractivity contribution in [3.8, 4) is 0 Å². The lowest BCUT2D eigenvalue weighted by molar-refractivity contribution is -0.384. The molecule has 2 aromatic carbocycles. The second-order valence-corrected chi connectivity index (χ2v) is 10.2. The molecule has 0 heterocycles. The molecule has 1 aliphatic carbocycles. The molecular weight excluding hydrogens is 430 g/mol. The van der Waals surface area contributed by atoms with Gasteiger partial charge in [0, 0.05) is 25.1 Å². The third-order valence-corrected chi connectivity index (χ3v) is 7.02. The molecule has 172 valence electrons. The summed E-state index contributed by atoms with van der Waals surface area (Å²) in [6, 6.07) is 10.3. The van der Waals surface area contributed by atoms with Crippen LogP contribution >= 0.6 is 0 Å². The van der Waals surface area contributed by atoms with Gasteiger partial charge in [0.25, 0.3) is 5.69 Å². The van der Waals surface area contributed by atoms with Gasteiger partial charge in [0.15, 0.2) is 0 Å². The maximum atomic E-state index is 12.5. The number of anilines is 1. The minimum atomic E-state index is -3.67. The Hall–Kier alpha value is -2.94. The number of non-ortho nitro benzene ring substituents is 1. The van der Waals surface area contributed by atoms with E-state index < -0.39 is 14.9 Å². The maximum absolute atomic E-state index is 12.5. The molecule has 32 heavy (non-hydrogen) atoms. The first kappa shape index (κ1) is 23.7. The molecule has 9 heteroatoms. The topological polar surface area (TPSA) is 110 Å². The Bertz CT molecular complexity index is 1130. The molecule has 0 bridgehead atoms. The smallest absolute Gasteiger partial charge is 0.271 e. The third-order valence-electron chi connectivity index (χ3n) is 5.84. The number of hydrogen-bond acceptors (Lipinski definition) is 5. The number of carbonyl (C=O) groups is 1. The molecule has 0 saturated carbocycles. The highest BCUT2D eigenvalue weighted by atomic mass is 32.2. The largest absolute Gasteiger partial charge is 0.350 e. The minimum absolute atomic E-state index is 0.0570. The van der Waals surface area contributed by atoms with Gasteiger partial charge >= 0.3 is 0 Å². The molecule has 1 N–H and O–H groups in total. The average molecular weight is 460 g/mol. The monoisotopic (exact) mass is 459 g/mol. The Balaban J connectivity index is 1.62. The second-order valence-electron chi connectivity index (χ2n) is 8.34. The molecule has 0 saturated heterocycles. The summed E-state index contributed by atoms with van der Waals surface area (Å²) in [4.78, 5) is 23.0. The van der Waals surface area contributed by atoms with Crippen LogP contribution in [-0.2, 0) is 27.7 Å². The van der Waals surface area contributed by atoms with Crippen molar-refractivity contribution in [3.05, 3.63) is 68.8 Å². The van der Waals surface area contributed by atoms with Crippen LogP contribution in [0.15, 0.2) is 36.4 Å². The SMILES string of the molecule is Cc1ccc([N+](=O)[O-])cc1N(CCCC(=O)N[C@@H](C)c1ccc2c(c1)CCC2)S(C)(=O)=O. The standard InChI is InChI=1S/C23H29N3O5S/c1-16-9-12-21(26(28)29)15-22(16)25(32(3,30)31)13-5-8-23(27)24-17(2)19-11-10-18-6-4-7-20(18)14-19/h9-12,14-15,17H,4-8,13H2,1-3H3,(H,24,27)/t17-/m0/s1. The van der Waals surface area contributed by atoms with Crippen molar-refractivity contribution >= 4 is 27.3 Å². The number of nitrogens with one attached hydrogen (secondary N) is 1. The van der Waals surface area contributed by atoms with E-state index in [1.54, 1.807) is 6.92 Å². The highest BCUT2D eigenvalue weighted by Crippen LogP contribution is 2.28. The number of nitro benzene ring substituents is 1. The van der Waals surface area contributed by atoms with Crippen LogP contribution in [0.1, 0.15) is 54.5 Å². The number of fused-ring (bicyclic) bond motifs is 1. The van der Waals surface area contributed by atoms with E-state index in [0.717, 1.165) is 29.0 Å². The summed E-state index contributed by atoms with van der Waals surface area (Å²) in [5.41, 5.74) is 4.47. The van der Waals surface area contributed by atoms with E-state index in [2.05, 4.69) is 17.4 Å². The zero-order valence-electron chi connectivity index (χ0n) is 18.6. The first-order chi connectivity index (χ1) is 15.1. The lowest BCUT2D eigenvalue weighted by Crippen LogP contribution is -2.33. The van der Waals surface area contributed by atoms with Gasteiger partial charge in [0.05, 0.1) is 22.9 Å². The summed E-state index contributed by atoms with van der Waals surface area (Å²) in [5.74, 6) is -0.165. The van der Waals surface area contributed by atoms with E-state index in [4.69, 9.17) is 0 Å². The molecule has 0 radical (unpaired) electrons. The van der Waals surface area contributed by atoms with Crippen LogP contribution in [0.5, 0.6) is 0 Å². The molecule has 0 unspecified atom stereocenters. The lowest BCUT2D eigenvalue weighted by Gasteiger charge is -2.24. The van der Waals surface area contributed by atoms with E-state index in [1.165, 1.54) is 35.7 Å². The summed E-state index contributed by atoms with van der Waals surface area (Å²) in [6.07, 6.45) is 4.84. The van der Waals surface area contributed by atoms with Crippen molar-refractivity contribution in [2.75, 3.05) is 17.1 Å². The van der Waals surface area contributed by atoms with Crippen molar-refractivity contribution in [1.82, 2.24) is 5.32 Å². The summed E-state index contributed by atoms with van der Waals surface area (Å²) in [7, 11) is -3.67. The summed E-state index contributed by atoms with van der Waals surface area (Å²) in [5, 5.41) is 14.1. The molecule has 0 aromatic heterocycles. The first-order valence-electron chi connectivity index (χ1n) is 10.7. The van der Waals surface area contributed by atoms with Gasteiger partial charge in [0.1, 0.15) is 0 Å². The van der Waals surface area contributed by atoms with Gasteiger partial charge in [-0.1, -0.05) is 24.3 Å². The molecular formula is C23H29N3O5S. The molecule has 1 atom stereocenters. The predicted molar refractivity (Wildman–Crippen MR) is 124 cm³/mol. The average Bonchev–Trinajstić information content (AvgIpc) is 3.18. The highest BCUT2D eigenvalue weighted by Gasteiger charge is 2.22. The van der Waals surface area contributed by atoms with Crippen LogP contribution in [0.3, 0.4) is 0 Å². The number of amides is 1. The number of nitrogens with zero attached hydrogens (tertiary/aromatic N) is 2. The van der Waals surface area contributed by atoms with Crippen LogP contribution in [0.25, 0.3) is 0 Å². The molecule has 3 rings (SSSR count). The molecule has 0 spiro atoms. The molecule has 2 aromatic rings. The molecule has 1 amide bonds. The van der Waals surface area contributed by atoms with Gasteiger partial charge in [0.2, 0.25) is 15.9 Å². The van der Waals surface area contributed by atoms with E-state index in [0.29, 0.717) is 5.56 Å². The van der Waals surface area contributed by atoms with Gasteiger partial charge in [-0.3, -0.25) is 19.2 Å². The first-order valence-corrected chi connectivity index (χ1v) is 12.5. The Kier molecular flexibility index (Phi) is 7.18. The summed E-state index contributed by atoms with van der Waals surface area (Å²) in [6.45, 7) is 3.69. The van der Waals surface area contributed by atoms with Crippen molar-refractivity contribution in [2.45, 2.75) is 52.0 Å². The minimum Gasteiger partial charge on any atom is -0.350 e. The molecule has 0 fully saturated rings. The maximum Gasteiger partial charge on any atom is 0.271 e. The zero-order valence-corrected chi connectivity index (χ0v) is 19.4. The summed E-state index contributed by atoms with van der Waals surface area (Å²) < 4.78 is 25.8. The van der Waals surface area contributed by atoms with Crippen LogP contribution < -0.4 is 9.62 Å². The van der Waals surface area contributed by atoms with Gasteiger partial charge in [-0.05, 0) is 61.8 Å². The van der Waals surface area contributed by atoms with E-state index >= 15 is 0 Å². The van der Waals surface area contributed by atoms with Gasteiger partial charge in [-0.2, -0.15) is 0 Å². The van der Waals surface area contributed by atoms with Crippen molar-refractivity contribution in [1.29, 1.82) is 0 Å². The van der Waals surface area contributed by atoms with E-state index in [9.17, 15) is 23.3 Å². The predicted octanol–water partition coefficient (Wildman–Crippen LogP) is 3.82. The Morgan fingerprint density at radius 3 is 2.59 bits per heavy atom. The van der Waals surface area contributed by atoms with Crippen molar-refractivity contribution in [2.24, 2.45) is 0 Å². The Morgan fingerprint density at radius 2 is 1.91 bits per heavy atom. The van der Waals surface area contributed by atoms with Crippen LogP contribution in [-0.4, -0.2) is 32.0 Å². The van der Waals surface area contributed by atoms with Crippen molar-refractivity contribution < 1.29 is 18.1 Å². The van der Waals surface area contributed by atoms with Gasteiger partial charge in [-0.25, -0.2) is 8.42 Å². The number of sulfonamides is 1. The number of hydrogen-bond donors (Lipinski definition) is 1. The summed E-state index contributed by atoms with van der Waals surface area (Å²) >= 11 is 0. The second kappa shape index (κ2) is 9.68. The molecule has 0 aliphatic heterocycles. The molecule has 1 aliphatic rings. The van der Waals surface area contributed by atoms with Crippen molar-refractivity contribution in [3.63, 3.8) is 0 Å². The molecule has 8 nitrogen and oxygen atoms in total. The van der Waals surface area contributed by atoms with E-state index in [1.807, 2.05) is 13.0 Å². The number of nitro groups is 1. The quantitative estimate of drug-likeness (QED) is 0.453. The van der Waals surface area contributed by atoms with Crippen LogP contribution in [0.2, 0.25) is 0 Å². The highest BCUT2D eigenvalue weighted by molar-refractivity contribution is 7.92. The van der Waals surface area contributed by atoms with Crippen LogP contribution in [0.4, 0.5) is 11.4 Å². The lowest BCUT2D eigenvalue weighted by atomic mass is 10.0. The Labute approximate surface area is 188 Å². The van der Waals surface area contributed by atoms with Gasteiger partial charge < -0.3 is 5.32 Å². The number of benzene rings is 2. The fourth-order valence-electron chi connectivity index (χ4n) is 4.09. The fraction of sp³-hybridized carbons (Fsp3) is 0.435. The zero-order chi connectivity index (χ0) is 23.5. The third kappa shape index (κ3) is 5.64. The normalized spacial score (nSPS) is 14.0.